The van der Waals surface area contributed by atoms with Crippen LogP contribution in [0.25, 0.3) is 5.69 Å². The van der Waals surface area contributed by atoms with Crippen molar-refractivity contribution in [2.75, 3.05) is 0 Å². The van der Waals surface area contributed by atoms with Gasteiger partial charge in [-0.15, -0.1) is 12.8 Å². The average molecular weight is 420 g/mol. The quantitative estimate of drug-likeness (QED) is 0.339. The number of carbonyl (C=O) groups is 2. The monoisotopic (exact) mass is 420 g/mol. The summed E-state index contributed by atoms with van der Waals surface area (Å²) in [6, 6.07) is 13.6. The molecule has 0 fully saturated rings. The van der Waals surface area contributed by atoms with Crippen molar-refractivity contribution in [1.29, 1.82) is 0 Å². The number of terminal acetylenes is 2. The van der Waals surface area contributed by atoms with Crippen LogP contribution in [0.15, 0.2) is 67.0 Å². The molecule has 4 aromatic rings. The van der Waals surface area contributed by atoms with Crippen molar-refractivity contribution in [3.05, 3.63) is 101 Å². The Bertz CT molecular complexity index is 1350. The molecule has 4 rings (SSSR count). The molecule has 2 aromatic carbocycles. The molecule has 32 heavy (non-hydrogen) atoms. The van der Waals surface area contributed by atoms with Crippen LogP contribution in [-0.4, -0.2) is 31.3 Å². The maximum absolute atomic E-state index is 13.1. The van der Waals surface area contributed by atoms with E-state index in [-0.39, 0.29) is 34.0 Å². The van der Waals surface area contributed by atoms with Gasteiger partial charge in [0.2, 0.25) is 11.6 Å². The predicted molar refractivity (Wildman–Crippen MR) is 119 cm³/mol. The van der Waals surface area contributed by atoms with E-state index in [0.29, 0.717) is 16.8 Å². The number of H-pyrrole nitrogens is 1. The topological polar surface area (TPSA) is 95.3 Å². The highest BCUT2D eigenvalue weighted by Crippen LogP contribution is 2.27. The third-order valence-corrected chi connectivity index (χ3v) is 5.01. The zero-order valence-electron chi connectivity index (χ0n) is 16.7. The molecule has 0 aliphatic heterocycles. The van der Waals surface area contributed by atoms with Gasteiger partial charge in [0.25, 0.3) is 0 Å². The summed E-state index contributed by atoms with van der Waals surface area (Å²) in [6.45, 7) is 0. The number of aromatic amines is 1. The summed E-state index contributed by atoms with van der Waals surface area (Å²) in [6.07, 6.45) is 13.9. The number of hydrogen-bond acceptors (Lipinski definition) is 4. The van der Waals surface area contributed by atoms with Crippen molar-refractivity contribution in [1.82, 2.24) is 9.55 Å². The molecule has 154 valence electrons. The molecule has 0 atom stereocenters. The Morgan fingerprint density at radius 1 is 0.844 bits per heavy atom. The zero-order valence-corrected chi connectivity index (χ0v) is 16.7. The normalized spacial score (nSPS) is 10.3. The molecule has 6 nitrogen and oxygen atoms in total. The minimum atomic E-state index is -0.473. The van der Waals surface area contributed by atoms with Gasteiger partial charge in [-0.3, -0.25) is 9.59 Å². The number of aromatic hydroxyl groups is 2. The summed E-state index contributed by atoms with van der Waals surface area (Å²) >= 11 is 0. The van der Waals surface area contributed by atoms with Gasteiger partial charge in [0.1, 0.15) is 17.2 Å². The van der Waals surface area contributed by atoms with Crippen molar-refractivity contribution >= 4 is 11.6 Å². The Hall–Kier alpha value is -4.94. The number of hydrogen-bond donors (Lipinski definition) is 3. The van der Waals surface area contributed by atoms with Crippen molar-refractivity contribution < 1.29 is 19.8 Å². The molecule has 0 aliphatic carbocycles. The first-order valence-corrected chi connectivity index (χ1v) is 9.48. The molecule has 0 radical (unpaired) electrons. The van der Waals surface area contributed by atoms with Crippen LogP contribution in [0.4, 0.5) is 0 Å². The smallest absolute Gasteiger partial charge is 0.215 e. The number of carbonyl (C=O) groups excluding carboxylic acids is 2. The summed E-state index contributed by atoms with van der Waals surface area (Å²) < 4.78 is 1.54. The van der Waals surface area contributed by atoms with Crippen molar-refractivity contribution in [2.45, 2.75) is 0 Å². The standard InChI is InChI=1S/C26H16N2O4/c1-3-16-7-9-18(22(29)14-16)25(31)21-6-5-13-28(21)20-11-12-27-24(20)26(32)19-10-8-17(4-2)15-23(19)30/h1-2,5-15,27,29-30H. The lowest BCUT2D eigenvalue weighted by molar-refractivity contribution is 0.101. The van der Waals surface area contributed by atoms with E-state index in [1.807, 2.05) is 0 Å². The number of benzene rings is 2. The van der Waals surface area contributed by atoms with Crippen LogP contribution in [0.2, 0.25) is 0 Å². The van der Waals surface area contributed by atoms with E-state index < -0.39 is 11.6 Å². The number of nitrogens with zero attached hydrogens (tertiary/aromatic N) is 1. The van der Waals surface area contributed by atoms with Gasteiger partial charge in [0, 0.05) is 23.5 Å². The van der Waals surface area contributed by atoms with E-state index in [1.165, 1.54) is 28.8 Å². The lowest BCUT2D eigenvalue weighted by atomic mass is 10.0. The second kappa shape index (κ2) is 8.06. The molecule has 0 unspecified atom stereocenters. The molecule has 0 saturated heterocycles. The molecular formula is C26H16N2O4. The molecule has 6 heteroatoms. The summed E-state index contributed by atoms with van der Waals surface area (Å²) in [7, 11) is 0. The minimum Gasteiger partial charge on any atom is -0.507 e. The maximum atomic E-state index is 13.1. The first-order chi connectivity index (χ1) is 15.4. The number of aromatic nitrogens is 2. The molecule has 2 heterocycles. The number of nitrogens with one attached hydrogen (secondary N) is 1. The minimum absolute atomic E-state index is 0.0650. The number of phenolic OH excluding ortho intramolecular Hbond substituents is 2. The highest BCUT2D eigenvalue weighted by Gasteiger charge is 2.23. The van der Waals surface area contributed by atoms with Crippen molar-refractivity contribution in [2.24, 2.45) is 0 Å². The van der Waals surface area contributed by atoms with Gasteiger partial charge in [-0.2, -0.15) is 0 Å². The van der Waals surface area contributed by atoms with Gasteiger partial charge in [-0.1, -0.05) is 11.8 Å². The Morgan fingerprint density at radius 2 is 1.44 bits per heavy atom. The highest BCUT2D eigenvalue weighted by molar-refractivity contribution is 6.13. The van der Waals surface area contributed by atoms with E-state index in [4.69, 9.17) is 12.8 Å². The van der Waals surface area contributed by atoms with Crippen LogP contribution in [0.1, 0.15) is 43.2 Å². The molecule has 0 aliphatic rings. The first kappa shape index (κ1) is 20.3. The number of rotatable bonds is 5. The highest BCUT2D eigenvalue weighted by atomic mass is 16.3. The maximum Gasteiger partial charge on any atom is 0.215 e. The van der Waals surface area contributed by atoms with Gasteiger partial charge >= 0.3 is 0 Å². The zero-order chi connectivity index (χ0) is 22.8. The van der Waals surface area contributed by atoms with E-state index in [9.17, 15) is 19.8 Å². The van der Waals surface area contributed by atoms with Crippen LogP contribution < -0.4 is 0 Å². The molecule has 3 N–H and O–H groups in total. The van der Waals surface area contributed by atoms with E-state index in [2.05, 4.69) is 16.8 Å². The van der Waals surface area contributed by atoms with Crippen molar-refractivity contribution in [3.8, 4) is 41.9 Å². The van der Waals surface area contributed by atoms with E-state index in [0.717, 1.165) is 0 Å². The van der Waals surface area contributed by atoms with Gasteiger partial charge < -0.3 is 19.8 Å². The second-order valence-corrected chi connectivity index (χ2v) is 6.91. The fourth-order valence-corrected chi connectivity index (χ4v) is 3.42. The fraction of sp³-hybridized carbons (Fsp3) is 0. The van der Waals surface area contributed by atoms with Gasteiger partial charge in [0.15, 0.2) is 0 Å². The SMILES string of the molecule is C#Cc1ccc(C(=O)c2[nH]ccc2-n2cccc2C(=O)c2ccc(C#C)cc2O)c(O)c1. The van der Waals surface area contributed by atoms with E-state index in [1.54, 1.807) is 42.7 Å². The van der Waals surface area contributed by atoms with Crippen LogP contribution in [0.5, 0.6) is 11.5 Å². The molecule has 0 bridgehead atoms. The molecular weight excluding hydrogens is 404 g/mol. The molecule has 2 aromatic heterocycles. The van der Waals surface area contributed by atoms with E-state index >= 15 is 0 Å². The third kappa shape index (κ3) is 3.43. The van der Waals surface area contributed by atoms with Crippen LogP contribution >= 0.6 is 0 Å². The largest absolute Gasteiger partial charge is 0.507 e. The van der Waals surface area contributed by atoms with Gasteiger partial charge in [0.05, 0.1) is 22.5 Å². The summed E-state index contributed by atoms with van der Waals surface area (Å²) in [5, 5.41) is 20.5. The van der Waals surface area contributed by atoms with Crippen LogP contribution in [0, 0.1) is 24.7 Å². The van der Waals surface area contributed by atoms with Crippen LogP contribution in [-0.2, 0) is 0 Å². The van der Waals surface area contributed by atoms with Crippen LogP contribution in [0.3, 0.4) is 0 Å². The number of ketones is 2. The Balaban J connectivity index is 1.75. The Labute approximate surface area is 183 Å². The third-order valence-electron chi connectivity index (χ3n) is 5.01. The fourth-order valence-electron chi connectivity index (χ4n) is 3.42. The van der Waals surface area contributed by atoms with Crippen molar-refractivity contribution in [3.63, 3.8) is 0 Å². The molecule has 0 spiro atoms. The second-order valence-electron chi connectivity index (χ2n) is 6.91. The summed E-state index contributed by atoms with van der Waals surface area (Å²) in [4.78, 5) is 29.1. The Morgan fingerprint density at radius 3 is 2.00 bits per heavy atom. The molecule has 0 saturated carbocycles. The van der Waals surface area contributed by atoms with Gasteiger partial charge in [-0.25, -0.2) is 0 Å². The number of phenols is 2. The first-order valence-electron chi connectivity index (χ1n) is 9.48. The Kier molecular flexibility index (Phi) is 5.12. The predicted octanol–water partition coefficient (Wildman–Crippen LogP) is 3.64. The summed E-state index contributed by atoms with van der Waals surface area (Å²) in [5.41, 5.74) is 1.84. The summed E-state index contributed by atoms with van der Waals surface area (Å²) in [5.74, 6) is 3.40. The van der Waals surface area contributed by atoms with Gasteiger partial charge in [-0.05, 0) is 54.6 Å². The molecule has 0 amide bonds. The lowest BCUT2D eigenvalue weighted by Gasteiger charge is -2.11. The lowest BCUT2D eigenvalue weighted by Crippen LogP contribution is -2.12. The average Bonchev–Trinajstić information content (AvgIpc) is 3.47.